The van der Waals surface area contributed by atoms with Crippen molar-refractivity contribution in [1.82, 2.24) is 14.9 Å². The van der Waals surface area contributed by atoms with Crippen molar-refractivity contribution in [3.63, 3.8) is 0 Å². The maximum absolute atomic E-state index is 12.9. The number of ether oxygens (including phenoxy) is 1. The molecule has 30 heavy (non-hydrogen) atoms. The fourth-order valence-corrected chi connectivity index (χ4v) is 6.09. The van der Waals surface area contributed by atoms with E-state index in [0.717, 1.165) is 30.6 Å². The summed E-state index contributed by atoms with van der Waals surface area (Å²) in [4.78, 5) is 16.0. The quantitative estimate of drug-likeness (QED) is 0.612. The Morgan fingerprint density at radius 2 is 2.00 bits per heavy atom. The number of methoxy groups -OCH3 is 1. The minimum atomic E-state index is -3.78. The van der Waals surface area contributed by atoms with Crippen LogP contribution in [-0.2, 0) is 10.0 Å². The number of benzene rings is 1. The second-order valence-electron chi connectivity index (χ2n) is 7.67. The van der Waals surface area contributed by atoms with Crippen LogP contribution in [0.25, 0.3) is 0 Å². The molecule has 1 saturated carbocycles. The Morgan fingerprint density at radius 3 is 2.60 bits per heavy atom. The Labute approximate surface area is 182 Å². The van der Waals surface area contributed by atoms with Crippen LogP contribution in [0.4, 0.5) is 0 Å². The Kier molecular flexibility index (Phi) is 7.51. The van der Waals surface area contributed by atoms with Gasteiger partial charge in [-0.25, -0.2) is 13.1 Å². The number of amides is 1. The van der Waals surface area contributed by atoms with Crippen LogP contribution in [0.1, 0.15) is 47.0 Å². The molecule has 2 aromatic rings. The zero-order valence-electron chi connectivity index (χ0n) is 17.6. The Bertz CT molecular complexity index is 953. The molecule has 9 heteroatoms. The molecule has 1 atom stereocenters. The molecule has 2 N–H and O–H groups in total. The first kappa shape index (κ1) is 22.7. The van der Waals surface area contributed by atoms with Crippen LogP contribution in [0.15, 0.2) is 40.6 Å². The van der Waals surface area contributed by atoms with E-state index >= 15 is 0 Å². The van der Waals surface area contributed by atoms with Gasteiger partial charge in [0.25, 0.3) is 5.91 Å². The molecule has 1 aromatic carbocycles. The molecule has 0 saturated heterocycles. The number of hydrogen-bond donors (Lipinski definition) is 2. The van der Waals surface area contributed by atoms with E-state index in [1.54, 1.807) is 17.4 Å². The first-order chi connectivity index (χ1) is 14.3. The van der Waals surface area contributed by atoms with Gasteiger partial charge in [-0.3, -0.25) is 4.79 Å². The molecule has 1 fully saturated rings. The second-order valence-corrected chi connectivity index (χ2v) is 10.3. The van der Waals surface area contributed by atoms with E-state index in [4.69, 9.17) is 4.74 Å². The minimum absolute atomic E-state index is 0.00744. The molecule has 1 heterocycles. The third-order valence-electron chi connectivity index (χ3n) is 5.34. The number of carbonyl (C=O) groups is 1. The number of sulfonamides is 1. The van der Waals surface area contributed by atoms with Gasteiger partial charge in [0.05, 0.1) is 13.2 Å². The predicted molar refractivity (Wildman–Crippen MR) is 119 cm³/mol. The molecule has 3 rings (SSSR count). The van der Waals surface area contributed by atoms with Crippen molar-refractivity contribution in [3.8, 4) is 5.75 Å². The van der Waals surface area contributed by atoms with Crippen LogP contribution in [0.5, 0.6) is 5.75 Å². The first-order valence-corrected chi connectivity index (χ1v) is 12.4. The highest BCUT2D eigenvalue weighted by molar-refractivity contribution is 7.89. The normalized spacial score (nSPS) is 16.0. The average Bonchev–Trinajstić information content (AvgIpc) is 3.41. The average molecular weight is 452 g/mol. The van der Waals surface area contributed by atoms with Gasteiger partial charge in [0.15, 0.2) is 0 Å². The van der Waals surface area contributed by atoms with Gasteiger partial charge in [-0.2, -0.15) is 0 Å². The van der Waals surface area contributed by atoms with Crippen molar-refractivity contribution in [2.75, 3.05) is 27.7 Å². The Hall–Kier alpha value is -1.94. The summed E-state index contributed by atoms with van der Waals surface area (Å²) in [7, 11) is 1.56. The summed E-state index contributed by atoms with van der Waals surface area (Å²) in [5, 5.41) is 4.93. The summed E-state index contributed by atoms with van der Waals surface area (Å²) in [5.74, 6) is -0.0971. The van der Waals surface area contributed by atoms with Crippen molar-refractivity contribution in [3.05, 3.63) is 46.2 Å². The zero-order chi connectivity index (χ0) is 21.7. The molecule has 0 spiro atoms. The fraction of sp³-hybridized carbons (Fsp3) is 0.476. The highest BCUT2D eigenvalue weighted by Crippen LogP contribution is 2.28. The number of rotatable bonds is 9. The van der Waals surface area contributed by atoms with E-state index in [-0.39, 0.29) is 34.2 Å². The molecule has 1 aliphatic rings. The van der Waals surface area contributed by atoms with Gasteiger partial charge in [0.1, 0.15) is 10.6 Å². The molecule has 1 aliphatic carbocycles. The Balaban J connectivity index is 1.77. The summed E-state index contributed by atoms with van der Waals surface area (Å²) in [6.07, 6.45) is 3.70. The van der Waals surface area contributed by atoms with Crippen LogP contribution in [0.2, 0.25) is 0 Å². The summed E-state index contributed by atoms with van der Waals surface area (Å²) in [6, 6.07) is 8.49. The lowest BCUT2D eigenvalue weighted by Gasteiger charge is -2.23. The number of nitrogens with zero attached hydrogens (tertiary/aromatic N) is 1. The monoisotopic (exact) mass is 451 g/mol. The Morgan fingerprint density at radius 1 is 1.27 bits per heavy atom. The smallest absolute Gasteiger partial charge is 0.251 e. The largest absolute Gasteiger partial charge is 0.495 e. The molecule has 164 valence electrons. The summed E-state index contributed by atoms with van der Waals surface area (Å²) in [5.41, 5.74) is 0.284. The molecule has 0 radical (unpaired) electrons. The van der Waals surface area contributed by atoms with E-state index in [0.29, 0.717) is 6.54 Å². The third-order valence-corrected chi connectivity index (χ3v) is 7.86. The predicted octanol–water partition coefficient (Wildman–Crippen LogP) is 3.01. The number of nitrogens with one attached hydrogen (secondary N) is 2. The maximum atomic E-state index is 12.9. The van der Waals surface area contributed by atoms with Gasteiger partial charge in [0, 0.05) is 23.0 Å². The van der Waals surface area contributed by atoms with E-state index < -0.39 is 10.0 Å². The molecule has 1 aromatic heterocycles. The molecule has 7 nitrogen and oxygen atoms in total. The fourth-order valence-electron chi connectivity index (χ4n) is 3.66. The summed E-state index contributed by atoms with van der Waals surface area (Å²) in [6.45, 7) is 0.417. The van der Waals surface area contributed by atoms with Gasteiger partial charge in [0.2, 0.25) is 10.0 Å². The second kappa shape index (κ2) is 9.91. The minimum Gasteiger partial charge on any atom is -0.495 e. The number of likely N-dealkylation sites (N-methyl/N-ethyl adjacent to an activating group) is 1. The van der Waals surface area contributed by atoms with Crippen molar-refractivity contribution >= 4 is 27.3 Å². The topological polar surface area (TPSA) is 87.7 Å². The molecule has 0 unspecified atom stereocenters. The van der Waals surface area contributed by atoms with Crippen molar-refractivity contribution in [2.45, 2.75) is 42.7 Å². The van der Waals surface area contributed by atoms with E-state index in [2.05, 4.69) is 10.0 Å². The zero-order valence-corrected chi connectivity index (χ0v) is 19.2. The number of hydrogen-bond acceptors (Lipinski definition) is 6. The van der Waals surface area contributed by atoms with Gasteiger partial charge >= 0.3 is 0 Å². The highest BCUT2D eigenvalue weighted by Gasteiger charge is 2.27. The molecule has 0 aliphatic heterocycles. The highest BCUT2D eigenvalue weighted by atomic mass is 32.2. The third kappa shape index (κ3) is 5.40. The molecule has 1 amide bonds. The summed E-state index contributed by atoms with van der Waals surface area (Å²) < 4.78 is 33.9. The number of thiophene rings is 1. The lowest BCUT2D eigenvalue weighted by atomic mass is 10.2. The van der Waals surface area contributed by atoms with Crippen LogP contribution in [0.3, 0.4) is 0 Å². The van der Waals surface area contributed by atoms with E-state index in [9.17, 15) is 13.2 Å². The van der Waals surface area contributed by atoms with Gasteiger partial charge < -0.3 is 15.0 Å². The van der Waals surface area contributed by atoms with E-state index in [1.807, 2.05) is 36.5 Å². The number of carbonyl (C=O) groups excluding carboxylic acids is 1. The maximum Gasteiger partial charge on any atom is 0.251 e. The lowest BCUT2D eigenvalue weighted by Crippen LogP contribution is -2.35. The molecular formula is C21H29N3O4S2. The van der Waals surface area contributed by atoms with Crippen LogP contribution < -0.4 is 14.8 Å². The van der Waals surface area contributed by atoms with Crippen molar-refractivity contribution < 1.29 is 17.9 Å². The van der Waals surface area contributed by atoms with Gasteiger partial charge in [-0.05, 0) is 56.6 Å². The van der Waals surface area contributed by atoms with E-state index in [1.165, 1.54) is 19.2 Å². The standard InChI is InChI=1S/C21H29N3O4S2/c1-24(2)17(19-9-6-12-29-19)14-22-21(25)15-10-11-18(28-3)20(13-15)30(26,27)23-16-7-4-5-8-16/h6,9-13,16-17,23H,4-5,7-8,14H2,1-3H3,(H,22,25)/t17-/m0/s1. The first-order valence-electron chi connectivity index (χ1n) is 10.00. The van der Waals surface area contributed by atoms with Crippen molar-refractivity contribution in [2.24, 2.45) is 0 Å². The molecular weight excluding hydrogens is 422 g/mol. The van der Waals surface area contributed by atoms with Crippen LogP contribution in [-0.4, -0.2) is 53.0 Å². The van der Waals surface area contributed by atoms with Gasteiger partial charge in [-0.1, -0.05) is 18.9 Å². The van der Waals surface area contributed by atoms with Crippen LogP contribution >= 0.6 is 11.3 Å². The van der Waals surface area contributed by atoms with Gasteiger partial charge in [-0.15, -0.1) is 11.3 Å². The molecule has 0 bridgehead atoms. The SMILES string of the molecule is COc1ccc(C(=O)NC[C@@H](c2cccs2)N(C)C)cc1S(=O)(=O)NC1CCCC1. The van der Waals surface area contributed by atoms with Crippen molar-refractivity contribution in [1.29, 1.82) is 0 Å². The summed E-state index contributed by atoms with van der Waals surface area (Å²) >= 11 is 1.64. The van der Waals surface area contributed by atoms with Crippen LogP contribution in [0, 0.1) is 0 Å². The lowest BCUT2D eigenvalue weighted by molar-refractivity contribution is 0.0942.